The molecule has 8 heteroatoms. The number of H-pyrrole nitrogens is 1. The Bertz CT molecular complexity index is 734. The van der Waals surface area contributed by atoms with Gasteiger partial charge in [-0.2, -0.15) is 10.1 Å². The molecule has 0 amide bonds. The second-order valence-electron chi connectivity index (χ2n) is 3.96. The summed E-state index contributed by atoms with van der Waals surface area (Å²) in [6.07, 6.45) is 1.31. The zero-order valence-corrected chi connectivity index (χ0v) is 10.9. The summed E-state index contributed by atoms with van der Waals surface area (Å²) >= 11 is 5.33. The Labute approximate surface area is 107 Å². The zero-order chi connectivity index (χ0) is 12.7. The van der Waals surface area contributed by atoms with E-state index >= 15 is 0 Å². The Balaban J connectivity index is 2.21. The first-order chi connectivity index (χ1) is 8.70. The number of aromatic amines is 1. The molecule has 0 aliphatic rings. The van der Waals surface area contributed by atoms with Gasteiger partial charge in [0.1, 0.15) is 5.52 Å². The molecule has 0 aliphatic heterocycles. The van der Waals surface area contributed by atoms with Crippen LogP contribution in [0.3, 0.4) is 0 Å². The van der Waals surface area contributed by atoms with E-state index in [1.165, 1.54) is 6.39 Å². The second kappa shape index (κ2) is 4.05. The average Bonchev–Trinajstić information content (AvgIpc) is 3.02. The molecule has 3 heterocycles. The lowest BCUT2D eigenvalue weighted by Gasteiger charge is -2.02. The van der Waals surface area contributed by atoms with Crippen LogP contribution in [0, 0.1) is 11.7 Å². The minimum atomic E-state index is 0.473. The largest absolute Gasteiger partial charge is 0.343 e. The highest BCUT2D eigenvalue weighted by Gasteiger charge is 2.15. The molecule has 0 unspecified atom stereocenters. The maximum absolute atomic E-state index is 5.33. The zero-order valence-electron chi connectivity index (χ0n) is 10.0. The van der Waals surface area contributed by atoms with E-state index in [2.05, 4.69) is 20.2 Å². The Kier molecular flexibility index (Phi) is 2.51. The van der Waals surface area contributed by atoms with Crippen molar-refractivity contribution in [1.29, 1.82) is 0 Å². The highest BCUT2D eigenvalue weighted by molar-refractivity contribution is 7.71. The van der Waals surface area contributed by atoms with Gasteiger partial charge in [0.25, 0.3) is 0 Å². The van der Waals surface area contributed by atoms with Gasteiger partial charge in [0.15, 0.2) is 16.2 Å². The monoisotopic (exact) mass is 264 g/mol. The van der Waals surface area contributed by atoms with E-state index in [0.29, 0.717) is 17.1 Å². The topological polar surface area (TPSA) is 77.5 Å². The molecule has 0 bridgehead atoms. The summed E-state index contributed by atoms with van der Waals surface area (Å²) in [5.74, 6) is 0.591. The second-order valence-corrected chi connectivity index (χ2v) is 4.35. The van der Waals surface area contributed by atoms with Crippen LogP contribution < -0.4 is 0 Å². The Hall–Kier alpha value is -1.96. The Morgan fingerprint density at radius 2 is 2.33 bits per heavy atom. The maximum atomic E-state index is 5.33. The van der Waals surface area contributed by atoms with Crippen LogP contribution in [0.1, 0.15) is 18.4 Å². The van der Waals surface area contributed by atoms with E-state index in [1.54, 1.807) is 0 Å². The SMILES string of the molecule is CCn1nc(C)c2[nH]c(=S)n(Cc3ncon3)c21. The summed E-state index contributed by atoms with van der Waals surface area (Å²) in [7, 11) is 0. The van der Waals surface area contributed by atoms with Crippen LogP contribution in [0.5, 0.6) is 0 Å². The van der Waals surface area contributed by atoms with E-state index in [9.17, 15) is 0 Å². The fourth-order valence-corrected chi connectivity index (χ4v) is 2.28. The first-order valence-electron chi connectivity index (χ1n) is 5.62. The summed E-state index contributed by atoms with van der Waals surface area (Å²) in [5, 5.41) is 8.26. The van der Waals surface area contributed by atoms with Crippen LogP contribution >= 0.6 is 12.2 Å². The van der Waals surface area contributed by atoms with Crippen LogP contribution in [-0.4, -0.2) is 29.5 Å². The van der Waals surface area contributed by atoms with Crippen molar-refractivity contribution in [2.75, 3.05) is 0 Å². The van der Waals surface area contributed by atoms with E-state index in [-0.39, 0.29) is 0 Å². The van der Waals surface area contributed by atoms with Gasteiger partial charge in [0.2, 0.25) is 6.39 Å². The van der Waals surface area contributed by atoms with Gasteiger partial charge < -0.3 is 9.51 Å². The third kappa shape index (κ3) is 1.57. The van der Waals surface area contributed by atoms with Crippen LogP contribution in [-0.2, 0) is 13.1 Å². The minimum Gasteiger partial charge on any atom is -0.343 e. The molecular weight excluding hydrogens is 252 g/mol. The first kappa shape index (κ1) is 11.1. The lowest BCUT2D eigenvalue weighted by Crippen LogP contribution is -2.07. The number of nitrogens with zero attached hydrogens (tertiary/aromatic N) is 5. The van der Waals surface area contributed by atoms with Gasteiger partial charge in [0.05, 0.1) is 12.2 Å². The lowest BCUT2D eigenvalue weighted by atomic mass is 10.4. The molecule has 0 spiro atoms. The molecule has 1 N–H and O–H groups in total. The number of aromatic nitrogens is 6. The van der Waals surface area contributed by atoms with Gasteiger partial charge >= 0.3 is 0 Å². The summed E-state index contributed by atoms with van der Waals surface area (Å²) in [6, 6.07) is 0. The van der Waals surface area contributed by atoms with Crippen molar-refractivity contribution in [1.82, 2.24) is 29.5 Å². The first-order valence-corrected chi connectivity index (χ1v) is 6.02. The normalized spacial score (nSPS) is 11.4. The smallest absolute Gasteiger partial charge is 0.213 e. The van der Waals surface area contributed by atoms with Crippen molar-refractivity contribution in [2.45, 2.75) is 26.9 Å². The van der Waals surface area contributed by atoms with Gasteiger partial charge in [-0.15, -0.1) is 0 Å². The molecule has 3 aromatic rings. The number of nitrogens with one attached hydrogen (secondary N) is 1. The van der Waals surface area contributed by atoms with Crippen LogP contribution in [0.15, 0.2) is 10.9 Å². The van der Waals surface area contributed by atoms with Gasteiger partial charge in [0, 0.05) is 6.54 Å². The van der Waals surface area contributed by atoms with E-state index in [1.807, 2.05) is 23.1 Å². The van der Waals surface area contributed by atoms with Crippen molar-refractivity contribution >= 4 is 23.4 Å². The molecule has 0 radical (unpaired) electrons. The van der Waals surface area contributed by atoms with E-state index in [4.69, 9.17) is 16.7 Å². The maximum Gasteiger partial charge on any atom is 0.213 e. The number of aryl methyl sites for hydroxylation is 2. The standard InChI is InChI=1S/C10H12N6OS/c1-3-16-9-8(6(2)13-16)12-10(18)15(9)4-7-11-5-17-14-7/h5H,3-4H2,1-2H3,(H,12,18). The fourth-order valence-electron chi connectivity index (χ4n) is 2.03. The molecule has 94 valence electrons. The highest BCUT2D eigenvalue weighted by Crippen LogP contribution is 2.18. The third-order valence-corrected chi connectivity index (χ3v) is 3.16. The van der Waals surface area contributed by atoms with Gasteiger partial charge in [-0.05, 0) is 26.1 Å². The molecule has 3 aromatic heterocycles. The number of fused-ring (bicyclic) bond motifs is 1. The number of imidazole rings is 1. The number of hydrogen-bond acceptors (Lipinski definition) is 5. The van der Waals surface area contributed by atoms with Crippen molar-refractivity contribution in [2.24, 2.45) is 0 Å². The van der Waals surface area contributed by atoms with Gasteiger partial charge in [-0.25, -0.2) is 4.68 Å². The fraction of sp³-hybridized carbons (Fsp3) is 0.400. The molecular formula is C10H12N6OS. The predicted molar refractivity (Wildman–Crippen MR) is 66.7 cm³/mol. The van der Waals surface area contributed by atoms with E-state index < -0.39 is 0 Å². The molecule has 0 fully saturated rings. The summed E-state index contributed by atoms with van der Waals surface area (Å²) in [6.45, 7) is 5.25. The lowest BCUT2D eigenvalue weighted by molar-refractivity contribution is 0.408. The van der Waals surface area contributed by atoms with Crippen molar-refractivity contribution in [3.05, 3.63) is 22.7 Å². The summed E-state index contributed by atoms with van der Waals surface area (Å²) in [4.78, 5) is 7.18. The van der Waals surface area contributed by atoms with Crippen LogP contribution in [0.4, 0.5) is 0 Å². The predicted octanol–water partition coefficient (Wildman–Crippen LogP) is 1.66. The van der Waals surface area contributed by atoms with Crippen LogP contribution in [0.25, 0.3) is 11.2 Å². The minimum absolute atomic E-state index is 0.473. The molecule has 0 aromatic carbocycles. The van der Waals surface area contributed by atoms with Crippen molar-refractivity contribution < 1.29 is 4.52 Å². The average molecular weight is 264 g/mol. The van der Waals surface area contributed by atoms with Gasteiger partial charge in [-0.1, -0.05) is 5.16 Å². The van der Waals surface area contributed by atoms with Crippen LogP contribution in [0.2, 0.25) is 0 Å². The molecule has 0 atom stereocenters. The van der Waals surface area contributed by atoms with Crippen molar-refractivity contribution in [3.63, 3.8) is 0 Å². The Morgan fingerprint density at radius 3 is 3.00 bits per heavy atom. The molecule has 7 nitrogen and oxygen atoms in total. The molecule has 0 saturated carbocycles. The number of rotatable bonds is 3. The molecule has 0 saturated heterocycles. The molecule has 18 heavy (non-hydrogen) atoms. The summed E-state index contributed by atoms with van der Waals surface area (Å²) in [5.41, 5.74) is 2.86. The highest BCUT2D eigenvalue weighted by atomic mass is 32.1. The quantitative estimate of drug-likeness (QED) is 0.728. The third-order valence-electron chi connectivity index (χ3n) is 2.84. The molecule has 0 aliphatic carbocycles. The molecule has 3 rings (SSSR count). The summed E-state index contributed by atoms with van der Waals surface area (Å²) < 4.78 is 9.22. The number of hydrogen-bond donors (Lipinski definition) is 1. The Morgan fingerprint density at radius 1 is 1.50 bits per heavy atom. The van der Waals surface area contributed by atoms with Crippen molar-refractivity contribution in [3.8, 4) is 0 Å². The van der Waals surface area contributed by atoms with E-state index in [0.717, 1.165) is 23.4 Å². The van der Waals surface area contributed by atoms with Gasteiger partial charge in [-0.3, -0.25) is 4.57 Å².